The molecule has 0 amide bonds. The molecule has 0 bridgehead atoms. The molecule has 1 fully saturated rings. The second-order valence-corrected chi connectivity index (χ2v) is 9.95. The third-order valence-electron chi connectivity index (χ3n) is 6.91. The van der Waals surface area contributed by atoms with Crippen LogP contribution in [0, 0.1) is 23.7 Å². The van der Waals surface area contributed by atoms with Crippen molar-refractivity contribution in [2.24, 2.45) is 11.8 Å². The van der Waals surface area contributed by atoms with E-state index in [0.717, 1.165) is 53.7 Å². The van der Waals surface area contributed by atoms with Crippen LogP contribution in [0.2, 0.25) is 0 Å². The summed E-state index contributed by atoms with van der Waals surface area (Å²) in [5, 5.41) is 25.3. The van der Waals surface area contributed by atoms with Crippen molar-refractivity contribution in [3.8, 4) is 17.6 Å². The van der Waals surface area contributed by atoms with Crippen molar-refractivity contribution >= 4 is 28.2 Å². The molecule has 1 aliphatic heterocycles. The number of nitrogens with zero attached hydrogens (tertiary/aromatic N) is 2. The molecule has 6 nitrogen and oxygen atoms in total. The number of aliphatic carboxylic acids is 1. The Morgan fingerprint density at radius 2 is 2.17 bits per heavy atom. The summed E-state index contributed by atoms with van der Waals surface area (Å²) in [6.45, 7) is 2.49. The maximum Gasteiger partial charge on any atom is 0.303 e. The first-order valence-electron chi connectivity index (χ1n) is 12.1. The van der Waals surface area contributed by atoms with E-state index in [-0.39, 0.29) is 12.3 Å². The Balaban J connectivity index is 1.39. The van der Waals surface area contributed by atoms with Crippen LogP contribution in [-0.4, -0.2) is 52.8 Å². The van der Waals surface area contributed by atoms with E-state index in [1.54, 1.807) is 24.6 Å². The van der Waals surface area contributed by atoms with Gasteiger partial charge in [-0.15, -0.1) is 0 Å². The Kier molecular flexibility index (Phi) is 8.75. The van der Waals surface area contributed by atoms with E-state index in [9.17, 15) is 15.0 Å². The fourth-order valence-electron chi connectivity index (χ4n) is 5.00. The summed E-state index contributed by atoms with van der Waals surface area (Å²) in [5.41, 5.74) is 2.73. The maximum atomic E-state index is 11.3. The van der Waals surface area contributed by atoms with Crippen molar-refractivity contribution in [1.29, 1.82) is 0 Å². The van der Waals surface area contributed by atoms with E-state index in [2.05, 4.69) is 21.7 Å². The number of hydrogen-bond donors (Lipinski definition) is 2. The third kappa shape index (κ3) is 6.82. The second-order valence-electron chi connectivity index (χ2n) is 9.17. The summed E-state index contributed by atoms with van der Waals surface area (Å²) in [6, 6.07) is 9.60. The second kappa shape index (κ2) is 12.2. The molecule has 3 aromatic rings. The highest BCUT2D eigenvalue weighted by molar-refractivity contribution is 7.08. The molecule has 0 radical (unpaired) electrons. The molecule has 0 spiro atoms. The standard InChI is InChI=1S/C28H32N2O4S/c1-34-23-6-7-26-25(17-23)24(10-13-29-26)27(31)8-4-21-11-15-30(18-22(21)5-9-28(32)33)14-2-3-20-12-16-35-19-20/h6-7,10,12-13,16-17,19,21-22,27,31H,4-5,8-9,11,14-15,18H2,1H3,(H,32,33)/t21-,22-,27-/m1/s1. The van der Waals surface area contributed by atoms with Crippen LogP contribution in [0.1, 0.15) is 49.3 Å². The van der Waals surface area contributed by atoms with Gasteiger partial charge >= 0.3 is 5.97 Å². The van der Waals surface area contributed by atoms with Crippen LogP contribution in [0.25, 0.3) is 10.9 Å². The number of carboxylic acid groups (broad SMARTS) is 1. The molecular formula is C28H32N2O4S. The van der Waals surface area contributed by atoms with E-state index < -0.39 is 12.1 Å². The molecule has 0 saturated carbocycles. The van der Waals surface area contributed by atoms with Gasteiger partial charge in [-0.25, -0.2) is 0 Å². The van der Waals surface area contributed by atoms with Crippen molar-refractivity contribution in [2.45, 2.75) is 38.2 Å². The zero-order valence-electron chi connectivity index (χ0n) is 20.0. The average Bonchev–Trinajstić information content (AvgIpc) is 3.39. The number of carbonyl (C=O) groups is 1. The number of aliphatic hydroxyl groups excluding tert-OH is 1. The van der Waals surface area contributed by atoms with Gasteiger partial charge in [-0.2, -0.15) is 11.3 Å². The minimum atomic E-state index is -0.754. The molecule has 1 aliphatic rings. The highest BCUT2D eigenvalue weighted by Crippen LogP contribution is 2.35. The Labute approximate surface area is 210 Å². The topological polar surface area (TPSA) is 82.9 Å². The molecule has 0 aliphatic carbocycles. The third-order valence-corrected chi connectivity index (χ3v) is 7.60. The number of benzene rings is 1. The summed E-state index contributed by atoms with van der Waals surface area (Å²) in [5.74, 6) is 7.12. The van der Waals surface area contributed by atoms with Crippen molar-refractivity contribution < 1.29 is 19.7 Å². The van der Waals surface area contributed by atoms with Gasteiger partial charge in [0.05, 0.1) is 25.3 Å². The Morgan fingerprint density at radius 1 is 1.29 bits per heavy atom. The fourth-order valence-corrected chi connectivity index (χ4v) is 5.58. The zero-order valence-corrected chi connectivity index (χ0v) is 20.8. The number of fused-ring (bicyclic) bond motifs is 1. The number of pyridine rings is 1. The van der Waals surface area contributed by atoms with Crippen LogP contribution >= 0.6 is 11.3 Å². The van der Waals surface area contributed by atoms with Crippen molar-refractivity contribution in [3.63, 3.8) is 0 Å². The lowest BCUT2D eigenvalue weighted by molar-refractivity contribution is -0.137. The van der Waals surface area contributed by atoms with Crippen LogP contribution in [0.15, 0.2) is 47.3 Å². The minimum Gasteiger partial charge on any atom is -0.497 e. The van der Waals surface area contributed by atoms with Crippen LogP contribution in [0.4, 0.5) is 0 Å². The van der Waals surface area contributed by atoms with Gasteiger partial charge in [0, 0.05) is 35.5 Å². The summed E-state index contributed by atoms with van der Waals surface area (Å²) in [7, 11) is 1.63. The van der Waals surface area contributed by atoms with Crippen LogP contribution in [0.3, 0.4) is 0 Å². The highest BCUT2D eigenvalue weighted by Gasteiger charge is 2.29. The van der Waals surface area contributed by atoms with E-state index in [1.165, 1.54) is 0 Å². The Hall–Kier alpha value is -2.92. The minimum absolute atomic E-state index is 0.174. The molecular weight excluding hydrogens is 460 g/mol. The molecule has 1 aromatic carbocycles. The lowest BCUT2D eigenvalue weighted by Crippen LogP contribution is -2.41. The first-order chi connectivity index (χ1) is 17.0. The van der Waals surface area contributed by atoms with Gasteiger partial charge in [0.25, 0.3) is 0 Å². The number of ether oxygens (including phenoxy) is 1. The molecule has 7 heteroatoms. The fraction of sp³-hybridized carbons (Fsp3) is 0.429. The summed E-state index contributed by atoms with van der Waals surface area (Å²) >= 11 is 1.64. The first kappa shape index (κ1) is 25.2. The van der Waals surface area contributed by atoms with E-state index in [4.69, 9.17) is 4.74 Å². The normalized spacial score (nSPS) is 19.1. The van der Waals surface area contributed by atoms with Gasteiger partial charge in [-0.1, -0.05) is 11.8 Å². The van der Waals surface area contributed by atoms with Crippen LogP contribution < -0.4 is 4.74 Å². The predicted octanol–water partition coefficient (Wildman–Crippen LogP) is 4.97. The predicted molar refractivity (Wildman–Crippen MR) is 139 cm³/mol. The monoisotopic (exact) mass is 492 g/mol. The summed E-state index contributed by atoms with van der Waals surface area (Å²) in [4.78, 5) is 18.0. The number of likely N-dealkylation sites (tertiary alicyclic amines) is 1. The number of thiophene rings is 1. The van der Waals surface area contributed by atoms with E-state index in [1.807, 2.05) is 41.1 Å². The number of hydrogen-bond acceptors (Lipinski definition) is 6. The van der Waals surface area contributed by atoms with Gasteiger partial charge in [-0.05, 0) is 85.3 Å². The molecule has 3 heterocycles. The first-order valence-corrected chi connectivity index (χ1v) is 13.0. The molecule has 184 valence electrons. The van der Waals surface area contributed by atoms with Crippen molar-refractivity contribution in [3.05, 3.63) is 58.4 Å². The smallest absolute Gasteiger partial charge is 0.303 e. The number of aliphatic hydroxyl groups is 1. The van der Waals surface area contributed by atoms with Gasteiger partial charge in [0.1, 0.15) is 5.75 Å². The van der Waals surface area contributed by atoms with Gasteiger partial charge in [0.2, 0.25) is 0 Å². The molecule has 0 unspecified atom stereocenters. The Morgan fingerprint density at radius 3 is 2.94 bits per heavy atom. The quantitative estimate of drug-likeness (QED) is 0.410. The maximum absolute atomic E-state index is 11.3. The number of piperidine rings is 1. The number of rotatable bonds is 9. The van der Waals surface area contributed by atoms with Crippen LogP contribution in [0.5, 0.6) is 5.75 Å². The van der Waals surface area contributed by atoms with E-state index >= 15 is 0 Å². The van der Waals surface area contributed by atoms with Crippen molar-refractivity contribution in [2.75, 3.05) is 26.7 Å². The lowest BCUT2D eigenvalue weighted by atomic mass is 9.79. The molecule has 4 rings (SSSR count). The largest absolute Gasteiger partial charge is 0.497 e. The SMILES string of the molecule is COc1ccc2nccc([C@H](O)CC[C@@H]3CCN(CC#Cc4ccsc4)C[C@H]3CCC(=O)O)c2c1. The number of carboxylic acids is 1. The molecule has 3 atom stereocenters. The summed E-state index contributed by atoms with van der Waals surface area (Å²) < 4.78 is 5.36. The molecule has 2 aromatic heterocycles. The van der Waals surface area contributed by atoms with Gasteiger partial charge < -0.3 is 14.9 Å². The molecule has 1 saturated heterocycles. The highest BCUT2D eigenvalue weighted by atomic mass is 32.1. The van der Waals surface area contributed by atoms with Gasteiger partial charge in [-0.3, -0.25) is 14.7 Å². The molecule has 35 heavy (non-hydrogen) atoms. The lowest BCUT2D eigenvalue weighted by Gasteiger charge is -2.38. The van der Waals surface area contributed by atoms with Crippen LogP contribution in [-0.2, 0) is 4.79 Å². The Bertz CT molecular complexity index is 1180. The van der Waals surface area contributed by atoms with Gasteiger partial charge in [0.15, 0.2) is 0 Å². The van der Waals surface area contributed by atoms with E-state index in [0.29, 0.717) is 25.3 Å². The number of aromatic nitrogens is 1. The average molecular weight is 493 g/mol. The zero-order chi connectivity index (χ0) is 24.6. The summed E-state index contributed by atoms with van der Waals surface area (Å²) in [6.07, 6.45) is 4.42. The van der Waals surface area contributed by atoms with Crippen molar-refractivity contribution in [1.82, 2.24) is 9.88 Å². The number of methoxy groups -OCH3 is 1. The molecule has 2 N–H and O–H groups in total.